The van der Waals surface area contributed by atoms with E-state index in [1.807, 2.05) is 12.1 Å². The number of halogens is 2. The van der Waals surface area contributed by atoms with Crippen molar-refractivity contribution in [1.82, 2.24) is 4.98 Å². The highest BCUT2D eigenvalue weighted by molar-refractivity contribution is 7.14. The Balaban J connectivity index is 1.53. The van der Waals surface area contributed by atoms with Gasteiger partial charge in [-0.2, -0.15) is 0 Å². The lowest BCUT2D eigenvalue weighted by atomic mass is 9.80. The van der Waals surface area contributed by atoms with Gasteiger partial charge in [-0.25, -0.2) is 13.8 Å². The number of ether oxygens (including phenoxy) is 2. The molecule has 0 bridgehead atoms. The van der Waals surface area contributed by atoms with Crippen LogP contribution in [0, 0.1) is 17.0 Å². The highest BCUT2D eigenvalue weighted by atomic mass is 32.1. The van der Waals surface area contributed by atoms with Crippen molar-refractivity contribution in [2.75, 3.05) is 53.4 Å². The molecule has 1 aliphatic rings. The maximum Gasteiger partial charge on any atom is 0.304 e. The summed E-state index contributed by atoms with van der Waals surface area (Å²) in [5, 5.41) is 11.8. The van der Waals surface area contributed by atoms with Crippen molar-refractivity contribution < 1.29 is 37.4 Å². The summed E-state index contributed by atoms with van der Waals surface area (Å²) in [5.41, 5.74) is 0.790. The van der Waals surface area contributed by atoms with Crippen LogP contribution < -0.4 is 14.4 Å². The third kappa shape index (κ3) is 6.42. The van der Waals surface area contributed by atoms with Gasteiger partial charge in [-0.1, -0.05) is 0 Å². The van der Waals surface area contributed by atoms with Crippen LogP contribution >= 0.6 is 11.3 Å². The normalized spacial score (nSPS) is 14.1. The van der Waals surface area contributed by atoms with Crippen LogP contribution in [-0.4, -0.2) is 74.9 Å². The molecule has 0 radical (unpaired) electrons. The van der Waals surface area contributed by atoms with E-state index in [-0.39, 0.29) is 12.8 Å². The molecule has 0 saturated carbocycles. The highest BCUT2D eigenvalue weighted by Crippen LogP contribution is 2.43. The van der Waals surface area contributed by atoms with Crippen molar-refractivity contribution in [3.63, 3.8) is 0 Å². The lowest BCUT2D eigenvalue weighted by Gasteiger charge is -2.30. The number of aliphatic carboxylic acids is 1. The van der Waals surface area contributed by atoms with Crippen molar-refractivity contribution in [2.45, 2.75) is 25.7 Å². The number of hydrogen-bond donors (Lipinski definition) is 1. The molecule has 1 N–H and O–H groups in total. The number of hydrogen-bond acceptors (Lipinski definition) is 6. The average molecular weight is 575 g/mol. The summed E-state index contributed by atoms with van der Waals surface area (Å²) in [4.78, 5) is 31.5. The van der Waals surface area contributed by atoms with Gasteiger partial charge in [0.2, 0.25) is 5.91 Å². The third-order valence-electron chi connectivity index (χ3n) is 7.02. The second kappa shape index (κ2) is 11.5. The van der Waals surface area contributed by atoms with E-state index in [9.17, 15) is 23.5 Å². The van der Waals surface area contributed by atoms with Crippen molar-refractivity contribution in [3.8, 4) is 22.8 Å². The zero-order valence-corrected chi connectivity index (χ0v) is 24.1. The number of quaternary nitrogens is 1. The number of nitrogens with zero attached hydrogens (tertiary/aromatic N) is 3. The van der Waals surface area contributed by atoms with E-state index in [2.05, 4.69) is 26.1 Å². The van der Waals surface area contributed by atoms with Gasteiger partial charge in [0.25, 0.3) is 0 Å². The van der Waals surface area contributed by atoms with Gasteiger partial charge in [0.05, 0.1) is 58.9 Å². The lowest BCUT2D eigenvalue weighted by Crippen LogP contribution is -2.44. The van der Waals surface area contributed by atoms with Crippen molar-refractivity contribution in [2.24, 2.45) is 5.41 Å². The van der Waals surface area contributed by atoms with Gasteiger partial charge in [-0.15, -0.1) is 11.3 Å². The minimum absolute atomic E-state index is 0.00269. The van der Waals surface area contributed by atoms with Crippen LogP contribution in [0.1, 0.15) is 24.0 Å². The van der Waals surface area contributed by atoms with Crippen molar-refractivity contribution in [1.29, 1.82) is 0 Å². The van der Waals surface area contributed by atoms with Gasteiger partial charge in [0.1, 0.15) is 11.5 Å². The molecule has 1 amide bonds. The first-order valence-corrected chi connectivity index (χ1v) is 13.7. The molecular weight excluding hydrogens is 540 g/mol. The number of fused-ring (bicyclic) bond motifs is 1. The van der Waals surface area contributed by atoms with E-state index in [1.165, 1.54) is 23.3 Å². The van der Waals surface area contributed by atoms with Gasteiger partial charge in [0, 0.05) is 30.5 Å². The topological polar surface area (TPSA) is 89.0 Å². The highest BCUT2D eigenvalue weighted by Gasteiger charge is 2.48. The summed E-state index contributed by atoms with van der Waals surface area (Å²) < 4.78 is 40.1. The zero-order valence-electron chi connectivity index (χ0n) is 23.3. The summed E-state index contributed by atoms with van der Waals surface area (Å²) >= 11 is 1.23. The molecule has 0 saturated heterocycles. The summed E-state index contributed by atoms with van der Waals surface area (Å²) in [6.45, 7) is 1.56. The molecule has 0 spiro atoms. The Morgan fingerprint density at radius 1 is 1.12 bits per heavy atom. The number of carbonyl (C=O) groups is 2. The Morgan fingerprint density at radius 3 is 2.35 bits per heavy atom. The smallest absolute Gasteiger partial charge is 0.304 e. The van der Waals surface area contributed by atoms with E-state index >= 15 is 0 Å². The monoisotopic (exact) mass is 574 g/mol. The molecular formula is C29H34F2N3O5S+. The fourth-order valence-corrected chi connectivity index (χ4v) is 5.87. The molecule has 4 rings (SSSR count). The number of thiazole rings is 1. The molecule has 11 heteroatoms. The number of benzene rings is 2. The molecule has 0 fully saturated rings. The Bertz CT molecular complexity index is 1390. The molecule has 40 heavy (non-hydrogen) atoms. The Labute approximate surface area is 236 Å². The predicted molar refractivity (Wildman–Crippen MR) is 149 cm³/mol. The van der Waals surface area contributed by atoms with Crippen LogP contribution in [0.2, 0.25) is 0 Å². The van der Waals surface area contributed by atoms with Crippen LogP contribution in [0.5, 0.6) is 11.5 Å². The van der Waals surface area contributed by atoms with Crippen LogP contribution in [0.3, 0.4) is 0 Å². The number of carboxylic acid groups (broad SMARTS) is 1. The van der Waals surface area contributed by atoms with Crippen molar-refractivity contribution in [3.05, 3.63) is 58.5 Å². The van der Waals surface area contributed by atoms with E-state index in [0.29, 0.717) is 45.6 Å². The van der Waals surface area contributed by atoms with Crippen LogP contribution in [0.25, 0.3) is 11.3 Å². The molecule has 0 atom stereocenters. The maximum atomic E-state index is 13.9. The fraction of sp³-hybridized carbons (Fsp3) is 0.414. The molecule has 8 nitrogen and oxygen atoms in total. The maximum absolute atomic E-state index is 13.9. The van der Waals surface area contributed by atoms with Gasteiger partial charge < -0.3 is 19.1 Å². The number of anilines is 1. The Kier molecular flexibility index (Phi) is 8.46. The summed E-state index contributed by atoms with van der Waals surface area (Å²) in [6, 6.07) is 7.58. The number of carbonyl (C=O) groups excluding carboxylic acids is 1. The summed E-state index contributed by atoms with van der Waals surface area (Å²) in [6.07, 6.45) is 0.423. The number of amides is 1. The second-order valence-electron chi connectivity index (χ2n) is 11.2. The minimum Gasteiger partial charge on any atom is -0.496 e. The van der Waals surface area contributed by atoms with E-state index in [4.69, 9.17) is 9.47 Å². The Hall–Kier alpha value is -3.57. The fourth-order valence-electron chi connectivity index (χ4n) is 5.08. The SMILES string of the molecule is COc1cc(OCCC[N+](C)(C)C)ccc1-c1csc(N(C)C(=O)C2(CC(=O)O)Cc3cc(F)c(F)cc3C2)n1. The predicted octanol–water partition coefficient (Wildman–Crippen LogP) is 4.79. The summed E-state index contributed by atoms with van der Waals surface area (Å²) in [7, 11) is 9.48. The molecule has 0 aliphatic heterocycles. The molecule has 3 aromatic rings. The largest absolute Gasteiger partial charge is 0.496 e. The second-order valence-corrected chi connectivity index (χ2v) is 12.0. The quantitative estimate of drug-likeness (QED) is 0.262. The lowest BCUT2D eigenvalue weighted by molar-refractivity contribution is -0.870. The van der Waals surface area contributed by atoms with Crippen LogP contribution in [0.15, 0.2) is 35.7 Å². The van der Waals surface area contributed by atoms with E-state index in [0.717, 1.165) is 29.6 Å². The number of carboxylic acids is 1. The molecule has 1 heterocycles. The number of rotatable bonds is 11. The molecule has 2 aromatic carbocycles. The van der Waals surface area contributed by atoms with Crippen molar-refractivity contribution >= 4 is 28.3 Å². The Morgan fingerprint density at radius 2 is 1.77 bits per heavy atom. The molecule has 1 aromatic heterocycles. The van der Waals surface area contributed by atoms with Gasteiger partial charge in [0.15, 0.2) is 16.8 Å². The summed E-state index contributed by atoms with van der Waals surface area (Å²) in [5.74, 6) is -2.45. The number of methoxy groups -OCH3 is 1. The molecule has 0 unspecified atom stereocenters. The van der Waals surface area contributed by atoms with E-state index in [1.54, 1.807) is 18.6 Å². The van der Waals surface area contributed by atoms with Crippen LogP contribution in [-0.2, 0) is 22.4 Å². The van der Waals surface area contributed by atoms with Crippen LogP contribution in [0.4, 0.5) is 13.9 Å². The first-order chi connectivity index (χ1) is 18.8. The van der Waals surface area contributed by atoms with Gasteiger partial charge in [-0.3, -0.25) is 14.5 Å². The minimum atomic E-state index is -1.38. The number of aromatic nitrogens is 1. The first-order valence-electron chi connectivity index (χ1n) is 12.9. The first kappa shape index (κ1) is 29.4. The molecule has 1 aliphatic carbocycles. The van der Waals surface area contributed by atoms with Gasteiger partial charge >= 0.3 is 5.97 Å². The standard InChI is InChI=1S/C29H33F2N3O5S/c1-33(27(37)29(16-26(35)36)14-18-11-22(30)23(31)12-19(18)15-29)28-32-24(17-40-28)21-8-7-20(13-25(21)38-5)39-10-6-9-34(2,3)4/h7-8,11-13,17H,6,9-10,14-16H2,1-5H3/p+1. The van der Waals surface area contributed by atoms with E-state index < -0.39 is 35.3 Å². The average Bonchev–Trinajstić information content (AvgIpc) is 3.50. The third-order valence-corrected chi connectivity index (χ3v) is 7.94. The zero-order chi connectivity index (χ0) is 29.2. The van der Waals surface area contributed by atoms with Gasteiger partial charge in [-0.05, 0) is 48.2 Å². The molecule has 214 valence electrons.